The van der Waals surface area contributed by atoms with Gasteiger partial charge in [0.25, 0.3) is 0 Å². The lowest BCUT2D eigenvalue weighted by Crippen LogP contribution is -2.16. The molecule has 0 N–H and O–H groups in total. The van der Waals surface area contributed by atoms with Gasteiger partial charge in [0.05, 0.1) is 0 Å². The Morgan fingerprint density at radius 1 is 1.08 bits per heavy atom. The first-order valence-electron chi connectivity index (χ1n) is 3.15. The van der Waals surface area contributed by atoms with E-state index in [1.165, 1.54) is 0 Å². The Labute approximate surface area is 73.8 Å². The zero-order valence-electron chi connectivity index (χ0n) is 6.14. The highest BCUT2D eigenvalue weighted by Crippen LogP contribution is 2.25. The summed E-state index contributed by atoms with van der Waals surface area (Å²) in [5, 5.41) is 0. The van der Waals surface area contributed by atoms with Crippen molar-refractivity contribution in [3.63, 3.8) is 0 Å². The van der Waals surface area contributed by atoms with Crippen molar-refractivity contribution in [1.29, 1.82) is 0 Å². The van der Waals surface area contributed by atoms with Crippen molar-refractivity contribution in [3.8, 4) is 0 Å². The number of halogens is 4. The summed E-state index contributed by atoms with van der Waals surface area (Å²) in [6.45, 7) is 0. The molecule has 0 aromatic heterocycles. The first-order chi connectivity index (χ1) is 5.91. The molecule has 72 valence electrons. The molecule has 1 aromatic carbocycles. The minimum absolute atomic E-state index is 0.450. The molecule has 0 saturated heterocycles. The molecule has 13 heavy (non-hydrogen) atoms. The van der Waals surface area contributed by atoms with Gasteiger partial charge in [-0.05, 0) is 24.3 Å². The normalized spacial score (nSPS) is 14.2. The lowest BCUT2D eigenvalue weighted by molar-refractivity contribution is -0.0384. The molecule has 0 unspecified atom stereocenters. The number of hydrogen-bond donors (Lipinski definition) is 0. The highest BCUT2D eigenvalue weighted by Gasteiger charge is 2.37. The molecule has 1 rings (SSSR count). The number of hydrogen-bond acceptors (Lipinski definition) is 1. The monoisotopic (exact) mass is 212 g/mol. The van der Waals surface area contributed by atoms with Crippen LogP contribution in [0.4, 0.5) is 17.6 Å². The highest BCUT2D eigenvalue weighted by molar-refractivity contribution is 7.86. The van der Waals surface area contributed by atoms with Crippen molar-refractivity contribution in [2.75, 3.05) is 0 Å². The van der Waals surface area contributed by atoms with Gasteiger partial charge in [-0.2, -0.15) is 13.2 Å². The fourth-order valence-electron chi connectivity index (χ4n) is 0.692. The fraction of sp³-hybridized carbons (Fsp3) is 0.143. The second kappa shape index (κ2) is 3.45. The van der Waals surface area contributed by atoms with Crippen molar-refractivity contribution in [3.05, 3.63) is 30.1 Å². The smallest absolute Gasteiger partial charge is 0.245 e. The Bertz CT molecular complexity index is 316. The van der Waals surface area contributed by atoms with Crippen LogP contribution in [0.5, 0.6) is 0 Å². The van der Waals surface area contributed by atoms with Crippen molar-refractivity contribution < 1.29 is 21.8 Å². The summed E-state index contributed by atoms with van der Waals surface area (Å²) in [6, 6.07) is 3.36. The SMILES string of the molecule is O=[S@@](c1ccc(F)cc1)C(F)(F)F. The molecule has 6 heteroatoms. The second-order valence-electron chi connectivity index (χ2n) is 2.17. The highest BCUT2D eigenvalue weighted by atomic mass is 32.2. The lowest BCUT2D eigenvalue weighted by Gasteiger charge is -2.04. The third kappa shape index (κ3) is 2.51. The molecule has 0 bridgehead atoms. The molecule has 0 aliphatic carbocycles. The molecular formula is C7H4F4OS. The Balaban J connectivity index is 2.97. The van der Waals surface area contributed by atoms with Gasteiger partial charge in [0.15, 0.2) is 10.8 Å². The Hall–Kier alpha value is -0.910. The summed E-state index contributed by atoms with van der Waals surface area (Å²) in [7, 11) is -3.08. The third-order valence-electron chi connectivity index (χ3n) is 1.24. The van der Waals surface area contributed by atoms with E-state index < -0.39 is 27.0 Å². The van der Waals surface area contributed by atoms with E-state index in [0.29, 0.717) is 0 Å². The van der Waals surface area contributed by atoms with E-state index in [0.717, 1.165) is 24.3 Å². The Morgan fingerprint density at radius 2 is 1.54 bits per heavy atom. The maximum absolute atomic E-state index is 12.3. The van der Waals surface area contributed by atoms with Gasteiger partial charge in [0, 0.05) is 4.90 Å². The molecule has 0 radical (unpaired) electrons. The van der Waals surface area contributed by atoms with E-state index in [4.69, 9.17) is 0 Å². The summed E-state index contributed by atoms with van der Waals surface area (Å²) in [4.78, 5) is -0.450. The standard InChI is InChI=1S/C7H4F4OS/c8-5-1-3-6(4-2-5)13(12)7(9,10)11/h1-4H/t13-/m0/s1. The van der Waals surface area contributed by atoms with Crippen LogP contribution in [0.15, 0.2) is 29.2 Å². The van der Waals surface area contributed by atoms with Crippen LogP contribution < -0.4 is 0 Å². The molecule has 1 nitrogen and oxygen atoms in total. The van der Waals surface area contributed by atoms with E-state index >= 15 is 0 Å². The molecule has 0 spiro atoms. The van der Waals surface area contributed by atoms with Crippen LogP contribution in [-0.4, -0.2) is 9.72 Å². The van der Waals surface area contributed by atoms with Crippen LogP contribution in [0.1, 0.15) is 0 Å². The van der Waals surface area contributed by atoms with E-state index in [-0.39, 0.29) is 0 Å². The summed E-state index contributed by atoms with van der Waals surface area (Å²) in [6.07, 6.45) is 0. The molecular weight excluding hydrogens is 208 g/mol. The molecule has 0 heterocycles. The lowest BCUT2D eigenvalue weighted by atomic mass is 10.4. The number of benzene rings is 1. The minimum atomic E-state index is -4.79. The Morgan fingerprint density at radius 3 is 1.92 bits per heavy atom. The van der Waals surface area contributed by atoms with Crippen LogP contribution in [0, 0.1) is 5.82 Å². The van der Waals surface area contributed by atoms with Gasteiger partial charge in [-0.3, -0.25) is 0 Å². The average Bonchev–Trinajstić information content (AvgIpc) is 2.03. The maximum atomic E-state index is 12.3. The van der Waals surface area contributed by atoms with E-state index in [2.05, 4.69) is 0 Å². The summed E-state index contributed by atoms with van der Waals surface area (Å²) in [5.74, 6) is -0.664. The predicted octanol–water partition coefficient (Wildman–Crippen LogP) is 2.45. The largest absolute Gasteiger partial charge is 0.475 e. The zero-order chi connectivity index (χ0) is 10.1. The van der Waals surface area contributed by atoms with Gasteiger partial charge in [-0.15, -0.1) is 0 Å². The van der Waals surface area contributed by atoms with Crippen LogP contribution in [-0.2, 0) is 10.8 Å². The second-order valence-corrected chi connectivity index (χ2v) is 3.64. The Kier molecular flexibility index (Phi) is 2.70. The van der Waals surface area contributed by atoms with Gasteiger partial charge < -0.3 is 0 Å². The van der Waals surface area contributed by atoms with Gasteiger partial charge in [-0.25, -0.2) is 8.60 Å². The van der Waals surface area contributed by atoms with E-state index in [9.17, 15) is 21.8 Å². The molecule has 1 atom stereocenters. The number of rotatable bonds is 1. The van der Waals surface area contributed by atoms with Crippen LogP contribution in [0.2, 0.25) is 0 Å². The van der Waals surface area contributed by atoms with E-state index in [1.54, 1.807) is 0 Å². The van der Waals surface area contributed by atoms with Crippen LogP contribution in [0.3, 0.4) is 0 Å². The average molecular weight is 212 g/mol. The minimum Gasteiger partial charge on any atom is -0.245 e. The molecule has 1 aromatic rings. The van der Waals surface area contributed by atoms with Crippen molar-refractivity contribution >= 4 is 10.8 Å². The van der Waals surface area contributed by atoms with Crippen molar-refractivity contribution in [2.24, 2.45) is 0 Å². The summed E-state index contributed by atoms with van der Waals surface area (Å²) in [5.41, 5.74) is -4.79. The van der Waals surface area contributed by atoms with E-state index in [1.807, 2.05) is 0 Å². The first kappa shape index (κ1) is 10.2. The van der Waals surface area contributed by atoms with Crippen molar-refractivity contribution in [1.82, 2.24) is 0 Å². The zero-order valence-corrected chi connectivity index (χ0v) is 6.95. The summed E-state index contributed by atoms with van der Waals surface area (Å²) >= 11 is 0. The fourth-order valence-corrected chi connectivity index (χ4v) is 1.34. The van der Waals surface area contributed by atoms with Gasteiger partial charge in [0.1, 0.15) is 5.82 Å². The molecule has 0 aliphatic heterocycles. The topological polar surface area (TPSA) is 17.1 Å². The van der Waals surface area contributed by atoms with Gasteiger partial charge >= 0.3 is 5.51 Å². The molecule has 0 fully saturated rings. The molecule has 0 amide bonds. The van der Waals surface area contributed by atoms with Crippen molar-refractivity contribution in [2.45, 2.75) is 10.4 Å². The third-order valence-corrected chi connectivity index (χ3v) is 2.36. The molecule has 0 saturated carbocycles. The molecule has 0 aliphatic rings. The quantitative estimate of drug-likeness (QED) is 0.653. The predicted molar refractivity (Wildman–Crippen MR) is 38.9 cm³/mol. The maximum Gasteiger partial charge on any atom is 0.475 e. The van der Waals surface area contributed by atoms with Crippen LogP contribution >= 0.6 is 0 Å². The van der Waals surface area contributed by atoms with Gasteiger partial charge in [0.2, 0.25) is 0 Å². The number of alkyl halides is 3. The van der Waals surface area contributed by atoms with Crippen LogP contribution in [0.25, 0.3) is 0 Å². The summed E-state index contributed by atoms with van der Waals surface area (Å²) < 4.78 is 58.4. The van der Waals surface area contributed by atoms with Gasteiger partial charge in [-0.1, -0.05) is 0 Å². The first-order valence-corrected chi connectivity index (χ1v) is 4.30.